The van der Waals surface area contributed by atoms with Gasteiger partial charge in [-0.2, -0.15) is 0 Å². The summed E-state index contributed by atoms with van der Waals surface area (Å²) in [7, 11) is -3.79. The maximum Gasteiger partial charge on any atom is 0.206 e. The second-order valence-electron chi connectivity index (χ2n) is 13.6. The molecule has 2 aliphatic heterocycles. The van der Waals surface area contributed by atoms with E-state index in [-0.39, 0.29) is 9.79 Å². The first kappa shape index (κ1) is 32.6. The van der Waals surface area contributed by atoms with Crippen LogP contribution in [0.15, 0.2) is 204 Å². The number of hydrogen-bond acceptors (Lipinski definition) is 6. The van der Waals surface area contributed by atoms with E-state index >= 15 is 0 Å². The van der Waals surface area contributed by atoms with Crippen LogP contribution in [0.3, 0.4) is 0 Å². The minimum Gasteiger partial charge on any atom is -0.352 e. The first-order chi connectivity index (χ1) is 27.0. The minimum absolute atomic E-state index is 0.242. The second-order valence-corrected chi connectivity index (χ2v) is 15.5. The van der Waals surface area contributed by atoms with Gasteiger partial charge in [-0.1, -0.05) is 109 Å². The van der Waals surface area contributed by atoms with Crippen molar-refractivity contribution in [1.29, 1.82) is 0 Å². The Labute approximate surface area is 320 Å². The molecule has 55 heavy (non-hydrogen) atoms. The number of para-hydroxylation sites is 8. The van der Waals surface area contributed by atoms with Crippen LogP contribution in [0.4, 0.5) is 56.9 Å². The number of nitrogens with zero attached hydrogens (tertiary/aromatic N) is 2. The van der Waals surface area contributed by atoms with Gasteiger partial charge in [-0.3, -0.25) is 0 Å². The predicted molar refractivity (Wildman–Crippen MR) is 225 cm³/mol. The van der Waals surface area contributed by atoms with E-state index in [0.717, 1.165) is 79.1 Å². The molecule has 0 unspecified atom stereocenters. The molecule has 0 aliphatic carbocycles. The Morgan fingerprint density at radius 1 is 0.345 bits per heavy atom. The summed E-state index contributed by atoms with van der Waals surface area (Å²) in [6.45, 7) is 0. The SMILES string of the molecule is O=S(=O)(c1ccc(-c2cccc3c2Nc2ccccc2N3c2ccccc2)cc1)c1ccc(-c2cccc3c2Nc2ccccc2N3c2ccccc2)cc1. The fraction of sp³-hybridized carbons (Fsp3) is 0. The summed E-state index contributed by atoms with van der Waals surface area (Å²) in [4.78, 5) is 5.00. The number of fused-ring (bicyclic) bond motifs is 4. The molecule has 0 spiro atoms. The van der Waals surface area contributed by atoms with Crippen molar-refractivity contribution < 1.29 is 8.42 Å². The third kappa shape index (κ3) is 5.52. The Bertz CT molecular complexity index is 2640. The van der Waals surface area contributed by atoms with E-state index in [9.17, 15) is 8.42 Å². The van der Waals surface area contributed by atoms with E-state index in [2.05, 4.69) is 93.2 Å². The summed E-state index contributed by atoms with van der Waals surface area (Å²) in [5.74, 6) is 0. The van der Waals surface area contributed by atoms with Crippen LogP contribution in [0.2, 0.25) is 0 Å². The van der Waals surface area contributed by atoms with Crippen molar-refractivity contribution in [3.8, 4) is 22.3 Å². The average molecular weight is 731 g/mol. The van der Waals surface area contributed by atoms with Crippen molar-refractivity contribution in [2.75, 3.05) is 20.4 Å². The summed E-state index contributed by atoms with van der Waals surface area (Å²) in [6.07, 6.45) is 0. The molecule has 0 bridgehead atoms. The lowest BCUT2D eigenvalue weighted by Crippen LogP contribution is -2.18. The van der Waals surface area contributed by atoms with Crippen LogP contribution in [0.5, 0.6) is 0 Å². The number of anilines is 10. The molecule has 6 nitrogen and oxygen atoms in total. The number of benzene rings is 8. The van der Waals surface area contributed by atoms with Crippen LogP contribution in [-0.2, 0) is 9.84 Å². The lowest BCUT2D eigenvalue weighted by Gasteiger charge is -2.35. The second kappa shape index (κ2) is 13.1. The van der Waals surface area contributed by atoms with Crippen LogP contribution >= 0.6 is 0 Å². The van der Waals surface area contributed by atoms with E-state index in [1.165, 1.54) is 0 Å². The fourth-order valence-electron chi connectivity index (χ4n) is 7.75. The van der Waals surface area contributed by atoms with Gasteiger partial charge in [0, 0.05) is 22.5 Å². The summed E-state index contributed by atoms with van der Waals surface area (Å²) >= 11 is 0. The molecule has 0 aromatic heterocycles. The number of nitrogens with one attached hydrogen (secondary N) is 2. The van der Waals surface area contributed by atoms with Crippen LogP contribution < -0.4 is 20.4 Å². The van der Waals surface area contributed by atoms with E-state index in [0.29, 0.717) is 0 Å². The normalized spacial score (nSPS) is 12.7. The molecule has 10 rings (SSSR count). The van der Waals surface area contributed by atoms with Gasteiger partial charge in [-0.25, -0.2) is 8.42 Å². The van der Waals surface area contributed by atoms with E-state index < -0.39 is 9.84 Å². The molecule has 0 radical (unpaired) electrons. The molecular weight excluding hydrogens is 697 g/mol. The third-order valence-corrected chi connectivity index (χ3v) is 12.1. The van der Waals surface area contributed by atoms with E-state index in [1.54, 1.807) is 24.3 Å². The molecule has 0 amide bonds. The summed E-state index contributed by atoms with van der Waals surface area (Å²) in [6, 6.07) is 64.0. The number of sulfone groups is 1. The molecule has 2 aliphatic rings. The largest absolute Gasteiger partial charge is 0.352 e. The highest BCUT2D eigenvalue weighted by Gasteiger charge is 2.28. The van der Waals surface area contributed by atoms with E-state index in [4.69, 9.17) is 0 Å². The molecule has 0 saturated heterocycles. The smallest absolute Gasteiger partial charge is 0.206 e. The molecule has 0 saturated carbocycles. The summed E-state index contributed by atoms with van der Waals surface area (Å²) in [5.41, 5.74) is 14.0. The lowest BCUT2D eigenvalue weighted by atomic mass is 9.99. The van der Waals surface area contributed by atoms with Gasteiger partial charge in [0.05, 0.1) is 55.3 Å². The first-order valence-electron chi connectivity index (χ1n) is 18.2. The summed E-state index contributed by atoms with van der Waals surface area (Å²) in [5, 5.41) is 7.33. The monoisotopic (exact) mass is 730 g/mol. The Morgan fingerprint density at radius 2 is 0.709 bits per heavy atom. The van der Waals surface area contributed by atoms with Gasteiger partial charge >= 0.3 is 0 Å². The van der Waals surface area contributed by atoms with Crippen molar-refractivity contribution in [2.45, 2.75) is 9.79 Å². The standard InChI is InChI=1S/C48H34N4O2S/c53-55(54,37-29-25-33(26-30-37)39-17-11-23-45-47(39)49-41-19-7-9-21-43(41)51(45)35-13-3-1-4-14-35)38-31-27-34(28-32-38)40-18-12-24-46-48(40)50-42-20-8-10-22-44(42)52(46)36-15-5-2-6-16-36/h1-32,49-50H. The molecule has 8 aromatic rings. The average Bonchev–Trinajstić information content (AvgIpc) is 3.25. The molecule has 2 heterocycles. The molecule has 264 valence electrons. The minimum atomic E-state index is -3.79. The van der Waals surface area contributed by atoms with Crippen molar-refractivity contribution in [1.82, 2.24) is 0 Å². The third-order valence-electron chi connectivity index (χ3n) is 10.4. The fourth-order valence-corrected chi connectivity index (χ4v) is 9.01. The Hall–Kier alpha value is -7.09. The topological polar surface area (TPSA) is 64.7 Å². The maximum absolute atomic E-state index is 14.0. The van der Waals surface area contributed by atoms with Crippen molar-refractivity contribution in [3.63, 3.8) is 0 Å². The van der Waals surface area contributed by atoms with Gasteiger partial charge in [0.2, 0.25) is 9.84 Å². The molecule has 0 atom stereocenters. The quantitative estimate of drug-likeness (QED) is 0.178. The first-order valence-corrected chi connectivity index (χ1v) is 19.7. The van der Waals surface area contributed by atoms with Gasteiger partial charge in [0.25, 0.3) is 0 Å². The summed E-state index contributed by atoms with van der Waals surface area (Å²) < 4.78 is 28.1. The predicted octanol–water partition coefficient (Wildman–Crippen LogP) is 12.9. The number of rotatable bonds is 6. The van der Waals surface area contributed by atoms with Crippen molar-refractivity contribution in [2.24, 2.45) is 0 Å². The van der Waals surface area contributed by atoms with Crippen molar-refractivity contribution >= 4 is 66.7 Å². The van der Waals surface area contributed by atoms with Gasteiger partial charge in [-0.05, 0) is 96.1 Å². The highest BCUT2D eigenvalue weighted by molar-refractivity contribution is 7.91. The van der Waals surface area contributed by atoms with Gasteiger partial charge in [-0.15, -0.1) is 0 Å². The Morgan fingerprint density at radius 3 is 1.13 bits per heavy atom. The van der Waals surface area contributed by atoms with Gasteiger partial charge in [0.1, 0.15) is 0 Å². The Kier molecular flexibility index (Phi) is 7.75. The van der Waals surface area contributed by atoms with Crippen molar-refractivity contribution in [3.05, 3.63) is 194 Å². The van der Waals surface area contributed by atoms with E-state index in [1.807, 2.05) is 97.1 Å². The van der Waals surface area contributed by atoms with Gasteiger partial charge in [0.15, 0.2) is 0 Å². The lowest BCUT2D eigenvalue weighted by molar-refractivity contribution is 0.596. The molecule has 0 fully saturated rings. The Balaban J connectivity index is 0.963. The molecule has 8 aromatic carbocycles. The zero-order valence-electron chi connectivity index (χ0n) is 29.6. The highest BCUT2D eigenvalue weighted by Crippen LogP contribution is 2.52. The maximum atomic E-state index is 14.0. The number of hydrogen-bond donors (Lipinski definition) is 2. The van der Waals surface area contributed by atoms with Crippen LogP contribution in [-0.4, -0.2) is 8.42 Å². The zero-order valence-corrected chi connectivity index (χ0v) is 30.4. The molecular formula is C48H34N4O2S. The zero-order chi connectivity index (χ0) is 36.9. The highest BCUT2D eigenvalue weighted by atomic mass is 32.2. The van der Waals surface area contributed by atoms with Crippen LogP contribution in [0.1, 0.15) is 0 Å². The van der Waals surface area contributed by atoms with Crippen LogP contribution in [0.25, 0.3) is 22.3 Å². The molecule has 2 N–H and O–H groups in total. The molecule has 7 heteroatoms. The van der Waals surface area contributed by atoms with Gasteiger partial charge < -0.3 is 20.4 Å². The van der Waals surface area contributed by atoms with Crippen LogP contribution in [0, 0.1) is 0 Å².